The lowest BCUT2D eigenvalue weighted by Crippen LogP contribution is -1.82. The molecule has 0 fully saturated rings. The van der Waals surface area contributed by atoms with Gasteiger partial charge < -0.3 is 0 Å². The van der Waals surface area contributed by atoms with Crippen molar-refractivity contribution < 1.29 is 0 Å². The number of halogens is 1. The molecule has 0 N–H and O–H groups in total. The Hall–Kier alpha value is -1.00. The monoisotopic (exact) mass is 220 g/mol. The van der Waals surface area contributed by atoms with Crippen LogP contribution in [0.25, 0.3) is 5.57 Å². The van der Waals surface area contributed by atoms with Crippen molar-refractivity contribution in [3.63, 3.8) is 0 Å². The molecule has 0 aliphatic rings. The van der Waals surface area contributed by atoms with Crippen molar-refractivity contribution in [2.24, 2.45) is 0 Å². The quantitative estimate of drug-likeness (QED) is 0.637. The molecule has 0 bridgehead atoms. The number of hydrogen-bond acceptors (Lipinski definition) is 0. The van der Waals surface area contributed by atoms with E-state index in [1.54, 1.807) is 0 Å². The molecule has 0 amide bonds. The van der Waals surface area contributed by atoms with Gasteiger partial charge in [0.25, 0.3) is 0 Å². The smallest absolute Gasteiger partial charge is 0.0390 e. The van der Waals surface area contributed by atoms with Crippen molar-refractivity contribution in [2.75, 3.05) is 0 Å². The molecule has 0 radical (unpaired) electrons. The standard InChI is InChI=1S/C11H9Br/c1-4-9-7-10(8(2)3)5-6-11(9)12/h1,5-7H,2H2,3H3. The van der Waals surface area contributed by atoms with E-state index in [0.717, 1.165) is 21.2 Å². The minimum atomic E-state index is 0.871. The number of hydrogen-bond donors (Lipinski definition) is 0. The van der Waals surface area contributed by atoms with Crippen LogP contribution in [0.4, 0.5) is 0 Å². The van der Waals surface area contributed by atoms with E-state index in [-0.39, 0.29) is 0 Å². The van der Waals surface area contributed by atoms with Gasteiger partial charge in [0.15, 0.2) is 0 Å². The summed E-state index contributed by atoms with van der Waals surface area (Å²) in [5.41, 5.74) is 2.99. The largest absolute Gasteiger partial charge is 0.115 e. The lowest BCUT2D eigenvalue weighted by molar-refractivity contribution is 1.52. The Kier molecular flexibility index (Phi) is 2.73. The van der Waals surface area contributed by atoms with E-state index < -0.39 is 0 Å². The van der Waals surface area contributed by atoms with Crippen molar-refractivity contribution in [3.8, 4) is 12.3 Å². The van der Waals surface area contributed by atoms with Gasteiger partial charge in [-0.3, -0.25) is 0 Å². The van der Waals surface area contributed by atoms with Crippen molar-refractivity contribution in [1.82, 2.24) is 0 Å². The molecule has 0 saturated carbocycles. The highest BCUT2D eigenvalue weighted by molar-refractivity contribution is 9.10. The highest BCUT2D eigenvalue weighted by Gasteiger charge is 1.98. The van der Waals surface area contributed by atoms with Gasteiger partial charge >= 0.3 is 0 Å². The summed E-state index contributed by atoms with van der Waals surface area (Å²) in [7, 11) is 0. The van der Waals surface area contributed by atoms with E-state index in [9.17, 15) is 0 Å². The third-order valence-corrected chi connectivity index (χ3v) is 2.31. The van der Waals surface area contributed by atoms with Gasteiger partial charge in [0.1, 0.15) is 0 Å². The summed E-state index contributed by atoms with van der Waals surface area (Å²) in [4.78, 5) is 0. The van der Waals surface area contributed by atoms with Crippen LogP contribution in [0.2, 0.25) is 0 Å². The maximum Gasteiger partial charge on any atom is 0.0390 e. The Bertz CT molecular complexity index is 356. The SMILES string of the molecule is C#Cc1cc(C(=C)C)ccc1Br. The molecule has 0 aliphatic carbocycles. The summed E-state index contributed by atoms with van der Waals surface area (Å²) in [5, 5.41) is 0. The first-order valence-corrected chi connectivity index (χ1v) is 4.36. The third kappa shape index (κ3) is 1.78. The molecule has 0 spiro atoms. The van der Waals surface area contributed by atoms with Gasteiger partial charge in [-0.25, -0.2) is 0 Å². The molecule has 0 aliphatic heterocycles. The van der Waals surface area contributed by atoms with Crippen LogP contribution in [-0.2, 0) is 0 Å². The van der Waals surface area contributed by atoms with Gasteiger partial charge in [-0.2, -0.15) is 0 Å². The average Bonchev–Trinajstić information content (AvgIpc) is 2.05. The molecular formula is C11H9Br. The number of terminal acetylenes is 1. The second-order valence-corrected chi connectivity index (χ2v) is 3.47. The molecule has 60 valence electrons. The van der Waals surface area contributed by atoms with E-state index >= 15 is 0 Å². The first kappa shape index (κ1) is 9.09. The van der Waals surface area contributed by atoms with E-state index in [2.05, 4.69) is 28.4 Å². The van der Waals surface area contributed by atoms with E-state index in [0.29, 0.717) is 0 Å². The minimum absolute atomic E-state index is 0.871. The fourth-order valence-electron chi connectivity index (χ4n) is 0.901. The summed E-state index contributed by atoms with van der Waals surface area (Å²) < 4.78 is 0.954. The van der Waals surface area contributed by atoms with Crippen LogP contribution in [-0.4, -0.2) is 0 Å². The van der Waals surface area contributed by atoms with Crippen LogP contribution in [0.3, 0.4) is 0 Å². The van der Waals surface area contributed by atoms with Crippen LogP contribution in [0.1, 0.15) is 18.1 Å². The molecule has 1 aromatic rings. The van der Waals surface area contributed by atoms with Crippen molar-refractivity contribution in [3.05, 3.63) is 40.4 Å². The summed E-state index contributed by atoms with van der Waals surface area (Å²) in [5.74, 6) is 2.60. The van der Waals surface area contributed by atoms with Gasteiger partial charge in [-0.05, 0) is 40.5 Å². The normalized spacial score (nSPS) is 9.08. The molecule has 0 heterocycles. The van der Waals surface area contributed by atoms with E-state index in [1.165, 1.54) is 0 Å². The number of benzene rings is 1. The molecule has 1 aromatic carbocycles. The van der Waals surface area contributed by atoms with E-state index in [1.807, 2.05) is 25.1 Å². The zero-order valence-electron chi connectivity index (χ0n) is 6.89. The van der Waals surface area contributed by atoms with E-state index in [4.69, 9.17) is 6.42 Å². The molecule has 1 heteroatoms. The van der Waals surface area contributed by atoms with Crippen LogP contribution < -0.4 is 0 Å². The molecule has 0 atom stereocenters. The van der Waals surface area contributed by atoms with Crippen LogP contribution in [0, 0.1) is 12.3 Å². The summed E-state index contributed by atoms with van der Waals surface area (Å²) in [6.07, 6.45) is 5.31. The fourth-order valence-corrected chi connectivity index (χ4v) is 1.26. The highest BCUT2D eigenvalue weighted by Crippen LogP contribution is 2.20. The maximum atomic E-state index is 5.31. The molecule has 1 rings (SSSR count). The van der Waals surface area contributed by atoms with Crippen LogP contribution in [0.5, 0.6) is 0 Å². The minimum Gasteiger partial charge on any atom is -0.115 e. The second kappa shape index (κ2) is 3.60. The third-order valence-electron chi connectivity index (χ3n) is 1.61. The van der Waals surface area contributed by atoms with Gasteiger partial charge in [-0.15, -0.1) is 6.42 Å². The summed E-state index contributed by atoms with van der Waals surface area (Å²) in [6, 6.07) is 5.89. The Morgan fingerprint density at radius 1 is 1.58 bits per heavy atom. The lowest BCUT2D eigenvalue weighted by atomic mass is 10.1. The average molecular weight is 221 g/mol. The lowest BCUT2D eigenvalue weighted by Gasteiger charge is -2.01. The Morgan fingerprint density at radius 2 is 2.25 bits per heavy atom. The number of rotatable bonds is 1. The summed E-state index contributed by atoms with van der Waals surface area (Å²) >= 11 is 3.37. The van der Waals surface area contributed by atoms with Crippen molar-refractivity contribution in [2.45, 2.75) is 6.92 Å². The Labute approximate surface area is 81.4 Å². The molecule has 0 nitrogen and oxygen atoms in total. The van der Waals surface area contributed by atoms with Gasteiger partial charge in [-0.1, -0.05) is 24.1 Å². The van der Waals surface area contributed by atoms with Crippen LogP contribution >= 0.6 is 15.9 Å². The van der Waals surface area contributed by atoms with Gasteiger partial charge in [0, 0.05) is 10.0 Å². The topological polar surface area (TPSA) is 0 Å². The van der Waals surface area contributed by atoms with Crippen LogP contribution in [0.15, 0.2) is 29.3 Å². The van der Waals surface area contributed by atoms with Crippen molar-refractivity contribution >= 4 is 21.5 Å². The maximum absolute atomic E-state index is 5.31. The molecule has 0 aromatic heterocycles. The highest BCUT2D eigenvalue weighted by atomic mass is 79.9. The van der Waals surface area contributed by atoms with Crippen molar-refractivity contribution in [1.29, 1.82) is 0 Å². The summed E-state index contributed by atoms with van der Waals surface area (Å²) in [6.45, 7) is 5.81. The molecular weight excluding hydrogens is 212 g/mol. The second-order valence-electron chi connectivity index (χ2n) is 2.62. The Morgan fingerprint density at radius 3 is 2.75 bits per heavy atom. The molecule has 0 saturated heterocycles. The zero-order chi connectivity index (χ0) is 9.14. The Balaban J connectivity index is 3.25. The molecule has 0 unspecified atom stereocenters. The fraction of sp³-hybridized carbons (Fsp3) is 0.0909. The predicted molar refractivity (Wildman–Crippen MR) is 56.8 cm³/mol. The van der Waals surface area contributed by atoms with Gasteiger partial charge in [0.05, 0.1) is 0 Å². The predicted octanol–water partition coefficient (Wildman–Crippen LogP) is 3.46. The zero-order valence-corrected chi connectivity index (χ0v) is 8.48. The molecule has 12 heavy (non-hydrogen) atoms. The van der Waals surface area contributed by atoms with Gasteiger partial charge in [0.2, 0.25) is 0 Å². The first-order chi connectivity index (χ1) is 5.65. The number of allylic oxidation sites excluding steroid dienone is 1. The first-order valence-electron chi connectivity index (χ1n) is 3.57.